The second kappa shape index (κ2) is 6.19. The molecule has 0 atom stereocenters. The van der Waals surface area contributed by atoms with Gasteiger partial charge in [0.25, 0.3) is 5.69 Å². The molecule has 0 aliphatic heterocycles. The molecule has 0 fully saturated rings. The Hall–Kier alpha value is -2.00. The summed E-state index contributed by atoms with van der Waals surface area (Å²) in [5.74, 6) is -1.88. The van der Waals surface area contributed by atoms with Gasteiger partial charge in [-0.1, -0.05) is 11.8 Å². The summed E-state index contributed by atoms with van der Waals surface area (Å²) in [7, 11) is 1.11. The average Bonchev–Trinajstić information content (AvgIpc) is 2.84. The van der Waals surface area contributed by atoms with E-state index in [0.29, 0.717) is 4.34 Å². The molecule has 0 unspecified atom stereocenters. The lowest BCUT2D eigenvalue weighted by atomic mass is 10.2. The van der Waals surface area contributed by atoms with Crippen molar-refractivity contribution in [1.82, 2.24) is 4.98 Å². The molecule has 0 spiro atoms. The summed E-state index contributed by atoms with van der Waals surface area (Å²) in [6.45, 7) is 1.79. The molecule has 1 heterocycles. The molecule has 1 aromatic heterocycles. The van der Waals surface area contributed by atoms with Gasteiger partial charge in [0.05, 0.1) is 28.6 Å². The summed E-state index contributed by atoms with van der Waals surface area (Å²) >= 11 is 2.31. The van der Waals surface area contributed by atoms with Crippen LogP contribution in [0.25, 0.3) is 0 Å². The fraction of sp³-hybridized carbons (Fsp3) is 0.167. The van der Waals surface area contributed by atoms with Gasteiger partial charge in [0.2, 0.25) is 0 Å². The topological polar surface area (TPSA) is 82.3 Å². The van der Waals surface area contributed by atoms with Gasteiger partial charge in [-0.25, -0.2) is 14.2 Å². The van der Waals surface area contributed by atoms with E-state index in [0.717, 1.165) is 36.7 Å². The quantitative estimate of drug-likeness (QED) is 0.486. The summed E-state index contributed by atoms with van der Waals surface area (Å²) in [6.07, 6.45) is 0. The first-order chi connectivity index (χ1) is 9.92. The van der Waals surface area contributed by atoms with E-state index in [4.69, 9.17) is 0 Å². The Bertz CT molecular complexity index is 717. The van der Waals surface area contributed by atoms with Crippen LogP contribution >= 0.6 is 23.1 Å². The van der Waals surface area contributed by atoms with Gasteiger partial charge in [-0.05, 0) is 13.0 Å². The number of hydrogen-bond acceptors (Lipinski definition) is 7. The molecule has 0 N–H and O–H groups in total. The molecule has 9 heteroatoms. The van der Waals surface area contributed by atoms with Crippen LogP contribution in [-0.4, -0.2) is 23.0 Å². The van der Waals surface area contributed by atoms with Crippen molar-refractivity contribution in [2.45, 2.75) is 16.2 Å². The third-order valence-corrected chi connectivity index (χ3v) is 4.55. The number of rotatable bonds is 4. The first-order valence-electron chi connectivity index (χ1n) is 5.58. The molecule has 0 bridgehead atoms. The smallest absolute Gasteiger partial charge is 0.340 e. The predicted molar refractivity (Wildman–Crippen MR) is 75.4 cm³/mol. The van der Waals surface area contributed by atoms with E-state index in [9.17, 15) is 19.3 Å². The minimum Gasteiger partial charge on any atom is -0.465 e. The van der Waals surface area contributed by atoms with Crippen molar-refractivity contribution in [3.8, 4) is 0 Å². The fourth-order valence-corrected chi connectivity index (χ4v) is 3.43. The van der Waals surface area contributed by atoms with Crippen LogP contribution in [0.4, 0.5) is 10.1 Å². The van der Waals surface area contributed by atoms with Crippen LogP contribution in [0.2, 0.25) is 0 Å². The second-order valence-electron chi connectivity index (χ2n) is 3.91. The highest BCUT2D eigenvalue weighted by Gasteiger charge is 2.23. The van der Waals surface area contributed by atoms with Gasteiger partial charge in [-0.2, -0.15) is 0 Å². The lowest BCUT2D eigenvalue weighted by Gasteiger charge is -2.05. The van der Waals surface area contributed by atoms with Crippen LogP contribution in [0.1, 0.15) is 16.1 Å². The largest absolute Gasteiger partial charge is 0.465 e. The molecule has 110 valence electrons. The molecule has 2 rings (SSSR count). The minimum absolute atomic E-state index is 0.135. The lowest BCUT2D eigenvalue weighted by Crippen LogP contribution is -2.06. The predicted octanol–water partition coefficient (Wildman–Crippen LogP) is 3.44. The van der Waals surface area contributed by atoms with E-state index in [1.165, 1.54) is 11.3 Å². The Kier molecular flexibility index (Phi) is 4.53. The monoisotopic (exact) mass is 328 g/mol. The van der Waals surface area contributed by atoms with Crippen LogP contribution in [0.3, 0.4) is 0 Å². The number of hydrogen-bond donors (Lipinski definition) is 0. The maximum atomic E-state index is 13.7. The fourth-order valence-electron chi connectivity index (χ4n) is 1.51. The lowest BCUT2D eigenvalue weighted by molar-refractivity contribution is -0.387. The van der Waals surface area contributed by atoms with Gasteiger partial charge in [-0.3, -0.25) is 10.1 Å². The molecule has 6 nitrogen and oxygen atoms in total. The zero-order valence-electron chi connectivity index (χ0n) is 11.0. The Labute approximate surface area is 127 Å². The van der Waals surface area contributed by atoms with Crippen LogP contribution in [0.5, 0.6) is 0 Å². The molecular weight excluding hydrogens is 319 g/mol. The van der Waals surface area contributed by atoms with Crippen molar-refractivity contribution < 1.29 is 18.8 Å². The first-order valence-corrected chi connectivity index (χ1v) is 7.28. The first kappa shape index (κ1) is 15.4. The van der Waals surface area contributed by atoms with Gasteiger partial charge in [0.15, 0.2) is 4.34 Å². The zero-order valence-corrected chi connectivity index (χ0v) is 12.6. The molecule has 21 heavy (non-hydrogen) atoms. The van der Waals surface area contributed by atoms with E-state index >= 15 is 0 Å². The van der Waals surface area contributed by atoms with E-state index < -0.39 is 22.4 Å². The molecule has 0 amide bonds. The van der Waals surface area contributed by atoms with Gasteiger partial charge in [-0.15, -0.1) is 11.3 Å². The maximum absolute atomic E-state index is 13.7. The van der Waals surface area contributed by atoms with Crippen molar-refractivity contribution in [2.75, 3.05) is 7.11 Å². The highest BCUT2D eigenvalue weighted by Crippen LogP contribution is 2.37. The molecule has 0 saturated heterocycles. The number of benzene rings is 1. The minimum atomic E-state index is -0.992. The Balaban J connectivity index is 2.50. The summed E-state index contributed by atoms with van der Waals surface area (Å²) in [5.41, 5.74) is 0.0114. The molecule has 1 aromatic carbocycles. The SMILES string of the molecule is COC(=O)c1cc(Sc2nc(C)cs2)c([N+](=O)[O-])cc1F. The number of nitro benzene ring substituents is 1. The van der Waals surface area contributed by atoms with Gasteiger partial charge >= 0.3 is 5.97 Å². The summed E-state index contributed by atoms with van der Waals surface area (Å²) < 4.78 is 18.8. The van der Waals surface area contributed by atoms with Crippen molar-refractivity contribution >= 4 is 34.8 Å². The Morgan fingerprint density at radius 1 is 1.52 bits per heavy atom. The number of carbonyl (C=O) groups is 1. The molecule has 0 radical (unpaired) electrons. The van der Waals surface area contributed by atoms with Crippen molar-refractivity contribution in [3.05, 3.63) is 44.7 Å². The van der Waals surface area contributed by atoms with E-state index in [-0.39, 0.29) is 10.5 Å². The highest BCUT2D eigenvalue weighted by molar-refractivity contribution is 8.01. The number of ether oxygens (including phenoxy) is 1. The Morgan fingerprint density at radius 2 is 2.24 bits per heavy atom. The number of thiazole rings is 1. The second-order valence-corrected chi connectivity index (χ2v) is 6.05. The van der Waals surface area contributed by atoms with Gasteiger partial charge in [0.1, 0.15) is 5.82 Å². The number of aryl methyl sites for hydroxylation is 1. The number of nitro groups is 1. The van der Waals surface area contributed by atoms with E-state index in [1.54, 1.807) is 12.3 Å². The summed E-state index contributed by atoms with van der Waals surface area (Å²) in [5, 5.41) is 12.8. The van der Waals surface area contributed by atoms with Crippen molar-refractivity contribution in [1.29, 1.82) is 0 Å². The number of esters is 1. The maximum Gasteiger partial charge on any atom is 0.340 e. The number of carbonyl (C=O) groups excluding carboxylic acids is 1. The molecule has 0 aliphatic rings. The third kappa shape index (κ3) is 3.37. The van der Waals surface area contributed by atoms with Gasteiger partial charge < -0.3 is 4.74 Å². The van der Waals surface area contributed by atoms with Crippen LogP contribution in [-0.2, 0) is 4.74 Å². The molecule has 2 aromatic rings. The Morgan fingerprint density at radius 3 is 2.76 bits per heavy atom. The van der Waals surface area contributed by atoms with E-state index in [2.05, 4.69) is 9.72 Å². The summed E-state index contributed by atoms with van der Waals surface area (Å²) in [4.78, 5) is 26.1. The number of methoxy groups -OCH3 is 1. The summed E-state index contributed by atoms with van der Waals surface area (Å²) in [6, 6.07) is 1.83. The van der Waals surface area contributed by atoms with Crippen molar-refractivity contribution in [2.24, 2.45) is 0 Å². The normalized spacial score (nSPS) is 10.4. The number of nitrogens with zero attached hydrogens (tertiary/aromatic N) is 2. The standard InChI is InChI=1S/C12H9FN2O4S2/c1-6-5-20-12(14-6)21-10-3-7(11(16)19-2)8(13)4-9(10)15(17)18/h3-5H,1-2H3. The zero-order chi connectivity index (χ0) is 15.6. The average molecular weight is 328 g/mol. The van der Waals surface area contributed by atoms with Gasteiger partial charge in [0, 0.05) is 11.1 Å². The third-order valence-electron chi connectivity index (χ3n) is 2.45. The van der Waals surface area contributed by atoms with E-state index in [1.807, 2.05) is 0 Å². The van der Waals surface area contributed by atoms with Crippen LogP contribution in [0.15, 0.2) is 26.7 Å². The van der Waals surface area contributed by atoms with Crippen molar-refractivity contribution in [3.63, 3.8) is 0 Å². The number of aromatic nitrogens is 1. The molecular formula is C12H9FN2O4S2. The molecule has 0 aliphatic carbocycles. The highest BCUT2D eigenvalue weighted by atomic mass is 32.2. The molecule has 0 saturated carbocycles. The van der Waals surface area contributed by atoms with Crippen LogP contribution < -0.4 is 0 Å². The number of halogens is 1. The van der Waals surface area contributed by atoms with Crippen LogP contribution in [0, 0.1) is 22.9 Å².